The molecule has 1 unspecified atom stereocenters. The maximum atomic E-state index is 9.17. The largest absolute Gasteiger partial charge is 1.00 e. The number of quaternary nitrogens is 1. The van der Waals surface area contributed by atoms with Crippen molar-refractivity contribution in [3.8, 4) is 0 Å². The van der Waals surface area contributed by atoms with Gasteiger partial charge in [0.15, 0.2) is 6.23 Å². The van der Waals surface area contributed by atoms with Crippen LogP contribution in [0.15, 0.2) is 12.3 Å². The highest BCUT2D eigenvalue weighted by Gasteiger charge is 2.16. The van der Waals surface area contributed by atoms with Gasteiger partial charge in [-0.05, 0) is 6.08 Å². The Hall–Kier alpha value is -0.250. The SMILES string of the molecule is C1=COC1.CCC(O)[N+](C)(C)C.[Cl-]. The quantitative estimate of drug-likeness (QED) is 0.420. The summed E-state index contributed by atoms with van der Waals surface area (Å²) in [5, 5.41) is 9.17. The number of halogens is 1. The third-order valence-corrected chi connectivity index (χ3v) is 1.64. The van der Waals surface area contributed by atoms with E-state index in [1.165, 1.54) is 0 Å². The number of nitrogens with zero attached hydrogens (tertiary/aromatic N) is 1. The lowest BCUT2D eigenvalue weighted by Crippen LogP contribution is -3.00. The average Bonchev–Trinajstić information content (AvgIpc) is 1.80. The highest BCUT2D eigenvalue weighted by Crippen LogP contribution is 2.01. The normalized spacial score (nSPS) is 15.5. The molecule has 1 aliphatic heterocycles. The van der Waals surface area contributed by atoms with E-state index in [0.29, 0.717) is 4.48 Å². The zero-order chi connectivity index (χ0) is 9.61. The fraction of sp³-hybridized carbons (Fsp3) is 0.778. The minimum Gasteiger partial charge on any atom is -1.00 e. The number of rotatable bonds is 2. The van der Waals surface area contributed by atoms with Gasteiger partial charge >= 0.3 is 0 Å². The van der Waals surface area contributed by atoms with Crippen molar-refractivity contribution in [3.05, 3.63) is 12.3 Å². The highest BCUT2D eigenvalue weighted by molar-refractivity contribution is 4.81. The number of ether oxygens (including phenoxy) is 1. The Balaban J connectivity index is 0. The second-order valence-corrected chi connectivity index (χ2v) is 3.71. The van der Waals surface area contributed by atoms with Crippen molar-refractivity contribution in [2.75, 3.05) is 27.7 Å². The molecule has 0 spiro atoms. The third kappa shape index (κ3) is 8.09. The summed E-state index contributed by atoms with van der Waals surface area (Å²) < 4.78 is 5.18. The molecule has 80 valence electrons. The third-order valence-electron chi connectivity index (χ3n) is 1.64. The van der Waals surface area contributed by atoms with Crippen LogP contribution in [0.2, 0.25) is 0 Å². The Labute approximate surface area is 87.0 Å². The number of hydrogen-bond acceptors (Lipinski definition) is 2. The minimum absolute atomic E-state index is 0. The van der Waals surface area contributed by atoms with Crippen LogP contribution < -0.4 is 12.4 Å². The van der Waals surface area contributed by atoms with Gasteiger partial charge in [-0.25, -0.2) is 0 Å². The summed E-state index contributed by atoms with van der Waals surface area (Å²) in [5.74, 6) is 0. The fourth-order valence-electron chi connectivity index (χ4n) is 0.644. The van der Waals surface area contributed by atoms with Crippen LogP contribution in [0.4, 0.5) is 0 Å². The first-order valence-corrected chi connectivity index (χ1v) is 4.24. The van der Waals surface area contributed by atoms with Gasteiger partial charge in [0.1, 0.15) is 6.61 Å². The average molecular weight is 210 g/mol. The van der Waals surface area contributed by atoms with E-state index < -0.39 is 0 Å². The second-order valence-electron chi connectivity index (χ2n) is 3.71. The summed E-state index contributed by atoms with van der Waals surface area (Å²) in [5.41, 5.74) is 0. The molecule has 1 heterocycles. The zero-order valence-corrected chi connectivity index (χ0v) is 9.58. The maximum Gasteiger partial charge on any atom is 0.189 e. The van der Waals surface area contributed by atoms with Gasteiger partial charge in [-0.1, -0.05) is 6.92 Å². The van der Waals surface area contributed by atoms with Crippen molar-refractivity contribution in [2.24, 2.45) is 0 Å². The standard InChI is InChI=1S/C6H16NO.C3H4O.ClH/c1-5-6(8)7(2,3)4;1-2-4-3-1;/h6,8H,5H2,1-4H3;1-2H,3H2;1H/q+1;;/p-1. The molecule has 0 saturated heterocycles. The van der Waals surface area contributed by atoms with Gasteiger partial charge in [-0.2, -0.15) is 0 Å². The van der Waals surface area contributed by atoms with Crippen LogP contribution in [0, 0.1) is 0 Å². The molecule has 0 aromatic rings. The van der Waals surface area contributed by atoms with E-state index >= 15 is 0 Å². The lowest BCUT2D eigenvalue weighted by atomic mass is 10.4. The van der Waals surface area contributed by atoms with Crippen molar-refractivity contribution in [2.45, 2.75) is 19.6 Å². The first kappa shape index (κ1) is 15.2. The van der Waals surface area contributed by atoms with Crippen LogP contribution in [-0.2, 0) is 4.74 Å². The highest BCUT2D eigenvalue weighted by atomic mass is 35.5. The lowest BCUT2D eigenvalue weighted by molar-refractivity contribution is -0.918. The molecule has 1 aliphatic rings. The van der Waals surface area contributed by atoms with E-state index in [1.807, 2.05) is 34.1 Å². The summed E-state index contributed by atoms with van der Waals surface area (Å²) in [4.78, 5) is 0. The first-order valence-electron chi connectivity index (χ1n) is 4.24. The Kier molecular flexibility index (Phi) is 8.42. The lowest BCUT2D eigenvalue weighted by Gasteiger charge is -2.28. The smallest absolute Gasteiger partial charge is 0.189 e. The molecule has 1 N–H and O–H groups in total. The number of hydrogen-bond donors (Lipinski definition) is 1. The molecule has 0 bridgehead atoms. The molecule has 1 atom stereocenters. The van der Waals surface area contributed by atoms with Gasteiger partial charge in [-0.15, -0.1) is 0 Å². The monoisotopic (exact) mass is 209 g/mol. The maximum absolute atomic E-state index is 9.17. The van der Waals surface area contributed by atoms with Crippen LogP contribution in [0.5, 0.6) is 0 Å². The summed E-state index contributed by atoms with van der Waals surface area (Å²) >= 11 is 0. The van der Waals surface area contributed by atoms with E-state index in [0.717, 1.165) is 13.0 Å². The molecule has 0 fully saturated rings. The van der Waals surface area contributed by atoms with E-state index in [2.05, 4.69) is 4.74 Å². The Morgan fingerprint density at radius 1 is 1.46 bits per heavy atom. The summed E-state index contributed by atoms with van der Waals surface area (Å²) in [6.45, 7) is 2.80. The van der Waals surface area contributed by atoms with Gasteiger partial charge in [0, 0.05) is 6.42 Å². The second kappa shape index (κ2) is 7.18. The van der Waals surface area contributed by atoms with Gasteiger partial charge in [0.25, 0.3) is 0 Å². The summed E-state index contributed by atoms with van der Waals surface area (Å²) in [7, 11) is 5.94. The topological polar surface area (TPSA) is 29.5 Å². The fourth-order valence-corrected chi connectivity index (χ4v) is 0.644. The van der Waals surface area contributed by atoms with Gasteiger partial charge in [-0.3, -0.25) is 0 Å². The minimum atomic E-state index is -0.213. The molecule has 0 aromatic carbocycles. The van der Waals surface area contributed by atoms with E-state index in [1.54, 1.807) is 6.26 Å². The first-order chi connectivity index (χ1) is 5.48. The molecule has 0 amide bonds. The molecule has 0 aromatic heterocycles. The van der Waals surface area contributed by atoms with Crippen molar-refractivity contribution in [1.82, 2.24) is 0 Å². The van der Waals surface area contributed by atoms with Gasteiger partial charge in [0.2, 0.25) is 0 Å². The zero-order valence-electron chi connectivity index (χ0n) is 8.83. The summed E-state index contributed by atoms with van der Waals surface area (Å²) in [6, 6.07) is 0. The molecule has 1 rings (SSSR count). The number of aliphatic hydroxyl groups is 1. The molecule has 0 saturated carbocycles. The van der Waals surface area contributed by atoms with E-state index in [9.17, 15) is 0 Å². The molecule has 0 radical (unpaired) electrons. The molecule has 3 nitrogen and oxygen atoms in total. The molecule has 0 aliphatic carbocycles. The van der Waals surface area contributed by atoms with Crippen LogP contribution in [0.1, 0.15) is 13.3 Å². The molecule has 4 heteroatoms. The van der Waals surface area contributed by atoms with E-state index in [-0.39, 0.29) is 18.6 Å². The van der Waals surface area contributed by atoms with Crippen molar-refractivity contribution in [1.29, 1.82) is 0 Å². The Morgan fingerprint density at radius 2 is 1.77 bits per heavy atom. The van der Waals surface area contributed by atoms with Crippen LogP contribution in [0.25, 0.3) is 0 Å². The molecule has 13 heavy (non-hydrogen) atoms. The predicted molar refractivity (Wildman–Crippen MR) is 49.4 cm³/mol. The summed E-state index contributed by atoms with van der Waals surface area (Å²) in [6.07, 6.45) is 4.25. The number of aliphatic hydroxyl groups excluding tert-OH is 1. The molecular formula is C9H20ClNO2. The van der Waals surface area contributed by atoms with E-state index in [4.69, 9.17) is 5.11 Å². The van der Waals surface area contributed by atoms with Crippen molar-refractivity contribution < 1.29 is 26.7 Å². The Bertz CT molecular complexity index is 137. The van der Waals surface area contributed by atoms with Crippen molar-refractivity contribution in [3.63, 3.8) is 0 Å². The van der Waals surface area contributed by atoms with Crippen molar-refractivity contribution >= 4 is 0 Å². The van der Waals surface area contributed by atoms with Gasteiger partial charge < -0.3 is 26.7 Å². The van der Waals surface area contributed by atoms with Crippen LogP contribution >= 0.6 is 0 Å². The molecular weight excluding hydrogens is 190 g/mol. The predicted octanol–water partition coefficient (Wildman–Crippen LogP) is -2.04. The van der Waals surface area contributed by atoms with Crippen LogP contribution in [0.3, 0.4) is 0 Å². The Morgan fingerprint density at radius 3 is 1.77 bits per heavy atom. The van der Waals surface area contributed by atoms with Crippen LogP contribution in [-0.4, -0.2) is 43.6 Å². The van der Waals surface area contributed by atoms with Gasteiger partial charge in [0.05, 0.1) is 27.4 Å².